The van der Waals surface area contributed by atoms with Crippen molar-refractivity contribution >= 4 is 5.78 Å². The van der Waals surface area contributed by atoms with E-state index in [1.165, 1.54) is 0 Å². The third kappa shape index (κ3) is 3.59. The van der Waals surface area contributed by atoms with E-state index in [1.807, 2.05) is 38.1 Å². The largest absolute Gasteiger partial charge is 0.496 e. The number of hydrogen-bond donors (Lipinski definition) is 0. The Kier molecular flexibility index (Phi) is 5.27. The maximum absolute atomic E-state index is 13.2. The first-order valence-corrected chi connectivity index (χ1v) is 9.86. The van der Waals surface area contributed by atoms with Crippen molar-refractivity contribution in [3.8, 4) is 17.2 Å². The zero-order valence-electron chi connectivity index (χ0n) is 16.8. The lowest BCUT2D eigenvalue weighted by atomic mass is 9.88. The van der Waals surface area contributed by atoms with Gasteiger partial charge < -0.3 is 14.2 Å². The van der Waals surface area contributed by atoms with E-state index in [4.69, 9.17) is 14.2 Å². The number of carbonyl (C=O) groups is 1. The molecule has 1 saturated heterocycles. The van der Waals surface area contributed by atoms with Crippen molar-refractivity contribution in [3.05, 3.63) is 52.6 Å². The minimum Gasteiger partial charge on any atom is -0.496 e. The number of carbonyl (C=O) groups excluding carboxylic acids is 1. The summed E-state index contributed by atoms with van der Waals surface area (Å²) in [4.78, 5) is 15.5. The first kappa shape index (κ1) is 18.8. The van der Waals surface area contributed by atoms with Crippen LogP contribution in [0.25, 0.3) is 0 Å². The Morgan fingerprint density at radius 1 is 1.21 bits per heavy atom. The summed E-state index contributed by atoms with van der Waals surface area (Å²) < 4.78 is 16.6. The number of likely N-dealkylation sites (tertiary alicyclic amines) is 1. The lowest BCUT2D eigenvalue weighted by molar-refractivity contribution is 0.0810. The van der Waals surface area contributed by atoms with E-state index in [0.717, 1.165) is 72.0 Å². The molecule has 148 valence electrons. The standard InChI is InChI=1S/C23H27NO4/c1-15-10-19(11-16(2)22(15)26-3)21(25)17-7-5-9-24(12-17)13-18-6-4-8-20-23(18)28-14-27-20/h4,6,8,10-11,17H,5,7,9,12-14H2,1-3H3. The van der Waals surface area contributed by atoms with Crippen LogP contribution < -0.4 is 14.2 Å². The Bertz CT molecular complexity index is 869. The van der Waals surface area contributed by atoms with Gasteiger partial charge in [0.25, 0.3) is 0 Å². The van der Waals surface area contributed by atoms with Crippen LogP contribution in [-0.2, 0) is 6.54 Å². The van der Waals surface area contributed by atoms with E-state index < -0.39 is 0 Å². The molecular weight excluding hydrogens is 354 g/mol. The number of piperidine rings is 1. The van der Waals surface area contributed by atoms with Gasteiger partial charge in [-0.2, -0.15) is 0 Å². The molecule has 1 unspecified atom stereocenters. The second-order valence-electron chi connectivity index (χ2n) is 7.73. The number of ketones is 1. The highest BCUT2D eigenvalue weighted by atomic mass is 16.7. The number of nitrogens with zero attached hydrogens (tertiary/aromatic N) is 1. The average molecular weight is 381 g/mol. The number of methoxy groups -OCH3 is 1. The highest BCUT2D eigenvalue weighted by Crippen LogP contribution is 2.36. The molecule has 0 N–H and O–H groups in total. The molecule has 0 amide bonds. The molecule has 2 heterocycles. The van der Waals surface area contributed by atoms with Crippen molar-refractivity contribution in [2.24, 2.45) is 5.92 Å². The Balaban J connectivity index is 1.48. The fourth-order valence-corrected chi connectivity index (χ4v) is 4.42. The smallest absolute Gasteiger partial charge is 0.231 e. The number of benzene rings is 2. The normalized spacial score (nSPS) is 18.9. The number of ether oxygens (including phenoxy) is 3. The zero-order chi connectivity index (χ0) is 19.7. The second kappa shape index (κ2) is 7.84. The monoisotopic (exact) mass is 381 g/mol. The minimum atomic E-state index is 0.0230. The molecule has 2 aliphatic heterocycles. The molecule has 5 nitrogen and oxygen atoms in total. The van der Waals surface area contributed by atoms with Gasteiger partial charge in [0.2, 0.25) is 6.79 Å². The Morgan fingerprint density at radius 2 is 2.00 bits per heavy atom. The molecule has 0 aliphatic carbocycles. The van der Waals surface area contributed by atoms with Crippen LogP contribution in [0.4, 0.5) is 0 Å². The third-order valence-corrected chi connectivity index (χ3v) is 5.70. The highest BCUT2D eigenvalue weighted by Gasteiger charge is 2.28. The van der Waals surface area contributed by atoms with Gasteiger partial charge >= 0.3 is 0 Å². The number of rotatable bonds is 5. The van der Waals surface area contributed by atoms with Crippen LogP contribution in [0.15, 0.2) is 30.3 Å². The number of fused-ring (bicyclic) bond motifs is 1. The fourth-order valence-electron chi connectivity index (χ4n) is 4.42. The van der Waals surface area contributed by atoms with Gasteiger partial charge in [-0.05, 0) is 62.6 Å². The molecule has 2 aromatic carbocycles. The van der Waals surface area contributed by atoms with Crippen LogP contribution in [0, 0.1) is 19.8 Å². The van der Waals surface area contributed by atoms with E-state index in [1.54, 1.807) is 7.11 Å². The number of para-hydroxylation sites is 1. The maximum Gasteiger partial charge on any atom is 0.231 e. The SMILES string of the molecule is COc1c(C)cc(C(=O)C2CCCN(Cc3cccc4c3OCO4)C2)cc1C. The summed E-state index contributed by atoms with van der Waals surface area (Å²) in [5.41, 5.74) is 3.94. The topological polar surface area (TPSA) is 48.0 Å². The van der Waals surface area contributed by atoms with Gasteiger partial charge in [-0.3, -0.25) is 9.69 Å². The summed E-state index contributed by atoms with van der Waals surface area (Å²) in [5.74, 6) is 2.77. The maximum atomic E-state index is 13.2. The predicted octanol–water partition coefficient (Wildman–Crippen LogP) is 4.14. The summed E-state index contributed by atoms with van der Waals surface area (Å²) in [6.07, 6.45) is 1.96. The number of aryl methyl sites for hydroxylation is 2. The summed E-state index contributed by atoms with van der Waals surface area (Å²) in [6, 6.07) is 9.93. The van der Waals surface area contributed by atoms with Crippen LogP contribution in [-0.4, -0.2) is 37.7 Å². The van der Waals surface area contributed by atoms with E-state index in [9.17, 15) is 4.79 Å². The van der Waals surface area contributed by atoms with Gasteiger partial charge in [0.05, 0.1) is 7.11 Å². The van der Waals surface area contributed by atoms with Crippen molar-refractivity contribution in [3.63, 3.8) is 0 Å². The van der Waals surface area contributed by atoms with Crippen molar-refractivity contribution in [1.82, 2.24) is 4.90 Å². The summed E-state index contributed by atoms with van der Waals surface area (Å²) in [6.45, 7) is 6.81. The van der Waals surface area contributed by atoms with E-state index in [0.29, 0.717) is 0 Å². The highest BCUT2D eigenvalue weighted by molar-refractivity contribution is 5.98. The zero-order valence-corrected chi connectivity index (χ0v) is 16.8. The Hall–Kier alpha value is -2.53. The van der Waals surface area contributed by atoms with Crippen molar-refractivity contribution in [2.75, 3.05) is 27.0 Å². The Morgan fingerprint density at radius 3 is 2.75 bits per heavy atom. The molecule has 1 fully saturated rings. The molecule has 2 aliphatic rings. The van der Waals surface area contributed by atoms with Crippen LogP contribution in [0.3, 0.4) is 0 Å². The van der Waals surface area contributed by atoms with E-state index >= 15 is 0 Å². The van der Waals surface area contributed by atoms with Crippen molar-refractivity contribution < 1.29 is 19.0 Å². The third-order valence-electron chi connectivity index (χ3n) is 5.70. The summed E-state index contributed by atoms with van der Waals surface area (Å²) in [7, 11) is 1.67. The molecule has 4 rings (SSSR count). The molecule has 2 aromatic rings. The van der Waals surface area contributed by atoms with Crippen LogP contribution in [0.2, 0.25) is 0 Å². The minimum absolute atomic E-state index is 0.0230. The first-order valence-electron chi connectivity index (χ1n) is 9.86. The summed E-state index contributed by atoms with van der Waals surface area (Å²) >= 11 is 0. The van der Waals surface area contributed by atoms with Crippen molar-refractivity contribution in [1.29, 1.82) is 0 Å². The molecule has 28 heavy (non-hydrogen) atoms. The van der Waals surface area contributed by atoms with Gasteiger partial charge in [-0.25, -0.2) is 0 Å². The van der Waals surface area contributed by atoms with Crippen LogP contribution in [0.1, 0.15) is 39.9 Å². The van der Waals surface area contributed by atoms with Gasteiger partial charge in [0, 0.05) is 30.1 Å². The van der Waals surface area contributed by atoms with E-state index in [-0.39, 0.29) is 18.5 Å². The molecule has 0 bridgehead atoms. The lowest BCUT2D eigenvalue weighted by Gasteiger charge is -2.32. The predicted molar refractivity (Wildman–Crippen MR) is 107 cm³/mol. The number of Topliss-reactive ketones (excluding diaryl/α,β-unsaturated/α-hetero) is 1. The molecule has 0 saturated carbocycles. The summed E-state index contributed by atoms with van der Waals surface area (Å²) in [5, 5.41) is 0. The van der Waals surface area contributed by atoms with E-state index in [2.05, 4.69) is 11.0 Å². The van der Waals surface area contributed by atoms with Gasteiger partial charge in [-0.15, -0.1) is 0 Å². The quantitative estimate of drug-likeness (QED) is 0.729. The molecular formula is C23H27NO4. The average Bonchev–Trinajstić information content (AvgIpc) is 3.17. The molecule has 1 atom stereocenters. The van der Waals surface area contributed by atoms with Gasteiger partial charge in [0.15, 0.2) is 17.3 Å². The van der Waals surface area contributed by atoms with Gasteiger partial charge in [0.1, 0.15) is 5.75 Å². The second-order valence-corrected chi connectivity index (χ2v) is 7.73. The Labute approximate surface area is 166 Å². The molecule has 5 heteroatoms. The fraction of sp³-hybridized carbons (Fsp3) is 0.435. The van der Waals surface area contributed by atoms with Crippen LogP contribution >= 0.6 is 0 Å². The van der Waals surface area contributed by atoms with Gasteiger partial charge in [-0.1, -0.05) is 12.1 Å². The van der Waals surface area contributed by atoms with Crippen molar-refractivity contribution in [2.45, 2.75) is 33.2 Å². The number of hydrogen-bond acceptors (Lipinski definition) is 5. The van der Waals surface area contributed by atoms with Crippen LogP contribution in [0.5, 0.6) is 17.2 Å². The molecule has 0 aromatic heterocycles. The first-order chi connectivity index (χ1) is 13.6. The lowest BCUT2D eigenvalue weighted by Crippen LogP contribution is -2.38. The molecule has 0 spiro atoms. The molecule has 0 radical (unpaired) electrons.